The van der Waals surface area contributed by atoms with Crippen LogP contribution in [0.4, 0.5) is 11.4 Å². The van der Waals surface area contributed by atoms with Crippen molar-refractivity contribution in [1.29, 1.82) is 0 Å². The maximum absolute atomic E-state index is 12.7. The van der Waals surface area contributed by atoms with Crippen LogP contribution in [-0.2, 0) is 11.3 Å². The standard InChI is InChI=1S/C19H17ClN4O5/c20-13-2-1-3-14(10-13)21-6-8-22(9-7-21)18(25)12-23-16-5-4-15(24(27)28)11-17(16)29-19(23)26/h1-5,10-11H,6-9,12H2. The van der Waals surface area contributed by atoms with Gasteiger partial charge in [0, 0.05) is 43.0 Å². The molecule has 1 aliphatic heterocycles. The first-order chi connectivity index (χ1) is 13.9. The first-order valence-corrected chi connectivity index (χ1v) is 9.36. The Morgan fingerprint density at radius 1 is 1.14 bits per heavy atom. The van der Waals surface area contributed by atoms with Crippen LogP contribution in [0.3, 0.4) is 0 Å². The molecule has 2 aromatic carbocycles. The Bertz CT molecular complexity index is 1150. The molecule has 1 fully saturated rings. The van der Waals surface area contributed by atoms with E-state index < -0.39 is 10.7 Å². The summed E-state index contributed by atoms with van der Waals surface area (Å²) in [7, 11) is 0. The lowest BCUT2D eigenvalue weighted by atomic mass is 10.2. The molecule has 150 valence electrons. The van der Waals surface area contributed by atoms with E-state index in [1.807, 2.05) is 24.3 Å². The second-order valence-electron chi connectivity index (χ2n) is 6.71. The van der Waals surface area contributed by atoms with Crippen LogP contribution >= 0.6 is 11.6 Å². The molecule has 3 aromatic rings. The van der Waals surface area contributed by atoms with Crippen molar-refractivity contribution in [3.05, 3.63) is 68.2 Å². The molecule has 0 N–H and O–H groups in total. The number of fused-ring (bicyclic) bond motifs is 1. The molecular weight excluding hydrogens is 400 g/mol. The number of amides is 1. The SMILES string of the molecule is O=C(Cn1c(=O)oc2cc([N+](=O)[O-])ccc21)N1CCN(c2cccc(Cl)c2)CC1. The molecule has 0 aliphatic carbocycles. The molecule has 1 aliphatic rings. The summed E-state index contributed by atoms with van der Waals surface area (Å²) in [4.78, 5) is 39.0. The van der Waals surface area contributed by atoms with Crippen molar-refractivity contribution in [2.75, 3.05) is 31.1 Å². The van der Waals surface area contributed by atoms with Crippen LogP contribution in [0.5, 0.6) is 0 Å². The van der Waals surface area contributed by atoms with Gasteiger partial charge in [0.2, 0.25) is 5.91 Å². The Labute approximate surface area is 169 Å². The maximum Gasteiger partial charge on any atom is 0.420 e. The van der Waals surface area contributed by atoms with Crippen LogP contribution in [0.25, 0.3) is 11.1 Å². The van der Waals surface area contributed by atoms with Crippen molar-refractivity contribution < 1.29 is 14.1 Å². The van der Waals surface area contributed by atoms with Gasteiger partial charge in [-0.15, -0.1) is 0 Å². The predicted molar refractivity (Wildman–Crippen MR) is 107 cm³/mol. The smallest absolute Gasteiger partial charge is 0.407 e. The number of benzene rings is 2. The van der Waals surface area contributed by atoms with Gasteiger partial charge in [-0.25, -0.2) is 4.79 Å². The minimum atomic E-state index is -0.716. The number of nitrogens with zero attached hydrogens (tertiary/aromatic N) is 4. The highest BCUT2D eigenvalue weighted by atomic mass is 35.5. The molecule has 10 heteroatoms. The first kappa shape index (κ1) is 19.0. The fourth-order valence-electron chi connectivity index (χ4n) is 3.44. The first-order valence-electron chi connectivity index (χ1n) is 8.98. The van der Waals surface area contributed by atoms with Crippen molar-refractivity contribution in [2.24, 2.45) is 0 Å². The molecule has 0 radical (unpaired) electrons. The highest BCUT2D eigenvalue weighted by Gasteiger charge is 2.23. The zero-order chi connectivity index (χ0) is 20.5. The number of hydrogen-bond donors (Lipinski definition) is 0. The third-order valence-electron chi connectivity index (χ3n) is 4.96. The van der Waals surface area contributed by atoms with E-state index >= 15 is 0 Å². The highest BCUT2D eigenvalue weighted by molar-refractivity contribution is 6.30. The monoisotopic (exact) mass is 416 g/mol. The summed E-state index contributed by atoms with van der Waals surface area (Å²) in [5, 5.41) is 11.5. The number of aromatic nitrogens is 1. The lowest BCUT2D eigenvalue weighted by Gasteiger charge is -2.36. The van der Waals surface area contributed by atoms with Crippen LogP contribution in [-0.4, -0.2) is 46.5 Å². The van der Waals surface area contributed by atoms with Crippen LogP contribution in [0.1, 0.15) is 0 Å². The van der Waals surface area contributed by atoms with Gasteiger partial charge in [0.05, 0.1) is 16.5 Å². The average Bonchev–Trinajstić information content (AvgIpc) is 3.02. The van der Waals surface area contributed by atoms with Crippen LogP contribution in [0.15, 0.2) is 51.7 Å². The van der Waals surface area contributed by atoms with Crippen molar-refractivity contribution >= 4 is 40.0 Å². The Morgan fingerprint density at radius 2 is 1.90 bits per heavy atom. The molecule has 9 nitrogen and oxygen atoms in total. The number of hydrogen-bond acceptors (Lipinski definition) is 6. The molecular formula is C19H17ClN4O5. The van der Waals surface area contributed by atoms with Gasteiger partial charge in [0.1, 0.15) is 6.54 Å². The Balaban J connectivity index is 1.46. The van der Waals surface area contributed by atoms with Gasteiger partial charge in [-0.3, -0.25) is 19.5 Å². The largest absolute Gasteiger partial charge is 0.420 e. The zero-order valence-corrected chi connectivity index (χ0v) is 16.0. The molecule has 0 unspecified atom stereocenters. The molecule has 1 amide bonds. The van der Waals surface area contributed by atoms with Crippen molar-refractivity contribution in [3.8, 4) is 0 Å². The van der Waals surface area contributed by atoms with E-state index in [1.165, 1.54) is 22.8 Å². The molecule has 1 saturated heterocycles. The summed E-state index contributed by atoms with van der Waals surface area (Å²) in [6.45, 7) is 2.15. The average molecular weight is 417 g/mol. The summed E-state index contributed by atoms with van der Waals surface area (Å²) >= 11 is 6.04. The third-order valence-corrected chi connectivity index (χ3v) is 5.20. The van der Waals surface area contributed by atoms with E-state index in [4.69, 9.17) is 16.0 Å². The number of piperazine rings is 1. The van der Waals surface area contributed by atoms with Crippen LogP contribution in [0, 0.1) is 10.1 Å². The number of nitro groups is 1. The number of oxazole rings is 1. The van der Waals surface area contributed by atoms with Crippen molar-refractivity contribution in [3.63, 3.8) is 0 Å². The van der Waals surface area contributed by atoms with Gasteiger partial charge in [0.15, 0.2) is 5.58 Å². The number of anilines is 1. The lowest BCUT2D eigenvalue weighted by Crippen LogP contribution is -2.50. The second-order valence-corrected chi connectivity index (χ2v) is 7.15. The lowest BCUT2D eigenvalue weighted by molar-refractivity contribution is -0.384. The molecule has 0 saturated carbocycles. The fourth-order valence-corrected chi connectivity index (χ4v) is 3.63. The molecule has 0 bridgehead atoms. The van der Waals surface area contributed by atoms with Crippen LogP contribution < -0.4 is 10.7 Å². The second kappa shape index (κ2) is 7.59. The molecule has 1 aromatic heterocycles. The van der Waals surface area contributed by atoms with Gasteiger partial charge >= 0.3 is 5.76 Å². The van der Waals surface area contributed by atoms with E-state index in [-0.39, 0.29) is 23.7 Å². The Morgan fingerprint density at radius 3 is 2.59 bits per heavy atom. The third kappa shape index (κ3) is 3.81. The quantitative estimate of drug-likeness (QED) is 0.478. The molecule has 29 heavy (non-hydrogen) atoms. The Kier molecular flexibility index (Phi) is 4.98. The maximum atomic E-state index is 12.7. The van der Waals surface area contributed by atoms with E-state index in [0.717, 1.165) is 5.69 Å². The number of rotatable bonds is 4. The number of halogens is 1. The van der Waals surface area contributed by atoms with E-state index in [9.17, 15) is 19.7 Å². The van der Waals surface area contributed by atoms with Gasteiger partial charge in [-0.2, -0.15) is 0 Å². The number of non-ortho nitro benzene ring substituents is 1. The van der Waals surface area contributed by atoms with Gasteiger partial charge in [-0.1, -0.05) is 17.7 Å². The number of carbonyl (C=O) groups excluding carboxylic acids is 1. The highest BCUT2D eigenvalue weighted by Crippen LogP contribution is 2.22. The topological polar surface area (TPSA) is 102 Å². The summed E-state index contributed by atoms with van der Waals surface area (Å²) in [5.74, 6) is -0.926. The fraction of sp³-hybridized carbons (Fsp3) is 0.263. The molecule has 4 rings (SSSR count). The summed E-state index contributed by atoms with van der Waals surface area (Å²) in [5.41, 5.74) is 1.26. The minimum absolute atomic E-state index is 0.0859. The summed E-state index contributed by atoms with van der Waals surface area (Å²) in [6.07, 6.45) is 0. The van der Waals surface area contributed by atoms with Crippen molar-refractivity contribution in [2.45, 2.75) is 6.54 Å². The molecule has 0 spiro atoms. The summed E-state index contributed by atoms with van der Waals surface area (Å²) in [6, 6.07) is 11.4. The number of nitro benzene ring substituents is 1. The minimum Gasteiger partial charge on any atom is -0.407 e. The van der Waals surface area contributed by atoms with Crippen molar-refractivity contribution in [1.82, 2.24) is 9.47 Å². The van der Waals surface area contributed by atoms with Crippen LogP contribution in [0.2, 0.25) is 5.02 Å². The van der Waals surface area contributed by atoms with Gasteiger partial charge in [-0.05, 0) is 24.3 Å². The zero-order valence-electron chi connectivity index (χ0n) is 15.3. The molecule has 0 atom stereocenters. The Hall–Kier alpha value is -3.33. The van der Waals surface area contributed by atoms with E-state index in [1.54, 1.807) is 4.90 Å². The normalized spacial score (nSPS) is 14.4. The summed E-state index contributed by atoms with van der Waals surface area (Å²) < 4.78 is 6.27. The van der Waals surface area contributed by atoms with Gasteiger partial charge < -0.3 is 14.2 Å². The number of carbonyl (C=O) groups is 1. The van der Waals surface area contributed by atoms with E-state index in [2.05, 4.69) is 4.90 Å². The predicted octanol–water partition coefficient (Wildman–Crippen LogP) is 2.50. The van der Waals surface area contributed by atoms with E-state index in [0.29, 0.717) is 36.7 Å². The molecule has 2 heterocycles. The van der Waals surface area contributed by atoms with Gasteiger partial charge in [0.25, 0.3) is 5.69 Å².